The Morgan fingerprint density at radius 3 is 2.45 bits per heavy atom. The quantitative estimate of drug-likeness (QED) is 0.214. The Kier molecular flexibility index (Phi) is 7.73. The van der Waals surface area contributed by atoms with Crippen LogP contribution in [0.3, 0.4) is 0 Å². The number of ether oxygens (including phenoxy) is 3. The average molecular weight is 420 g/mol. The van der Waals surface area contributed by atoms with Crippen LogP contribution in [0.25, 0.3) is 11.8 Å². The van der Waals surface area contributed by atoms with E-state index in [0.717, 1.165) is 5.69 Å². The van der Waals surface area contributed by atoms with E-state index in [1.54, 1.807) is 55.3 Å². The van der Waals surface area contributed by atoms with Crippen LogP contribution in [0, 0.1) is 0 Å². The molecule has 160 valence electrons. The number of allylic oxidation sites excluding steroid dienone is 1. The standard InChI is InChI=1S/C24H24N2O5/c1-3-30-24(28)23-19(17-26(25-23)20-7-5-4-6-8-20)11-14-22(27)18-9-12-21(13-10-18)31-16-15-29-2/h4-14,17H,3,15-16H2,1-2H3. The Morgan fingerprint density at radius 1 is 1.03 bits per heavy atom. The van der Waals surface area contributed by atoms with Gasteiger partial charge in [-0.2, -0.15) is 5.10 Å². The molecular weight excluding hydrogens is 396 g/mol. The van der Waals surface area contributed by atoms with E-state index in [0.29, 0.717) is 30.1 Å². The van der Waals surface area contributed by atoms with Crippen LogP contribution in [0.15, 0.2) is 66.9 Å². The second-order valence-corrected chi connectivity index (χ2v) is 6.50. The van der Waals surface area contributed by atoms with Crippen LogP contribution in [0.1, 0.15) is 33.3 Å². The van der Waals surface area contributed by atoms with Gasteiger partial charge in [-0.05, 0) is 55.5 Å². The number of carbonyl (C=O) groups is 2. The zero-order valence-corrected chi connectivity index (χ0v) is 17.5. The van der Waals surface area contributed by atoms with E-state index in [2.05, 4.69) is 5.10 Å². The lowest BCUT2D eigenvalue weighted by atomic mass is 10.1. The summed E-state index contributed by atoms with van der Waals surface area (Å²) in [6.45, 7) is 2.89. The molecule has 0 fully saturated rings. The fourth-order valence-corrected chi connectivity index (χ4v) is 2.80. The molecule has 0 aliphatic rings. The van der Waals surface area contributed by atoms with Gasteiger partial charge in [0.05, 0.1) is 18.9 Å². The molecule has 3 aromatic rings. The summed E-state index contributed by atoms with van der Waals surface area (Å²) < 4.78 is 17.1. The summed E-state index contributed by atoms with van der Waals surface area (Å²) in [4.78, 5) is 24.9. The molecule has 0 unspecified atom stereocenters. The number of hydrogen-bond acceptors (Lipinski definition) is 6. The Hall–Kier alpha value is -3.71. The van der Waals surface area contributed by atoms with Gasteiger partial charge in [0.1, 0.15) is 12.4 Å². The lowest BCUT2D eigenvalue weighted by molar-refractivity contribution is 0.0518. The molecular formula is C24H24N2O5. The molecule has 0 spiro atoms. The van der Waals surface area contributed by atoms with Crippen LogP contribution in [0.2, 0.25) is 0 Å². The maximum absolute atomic E-state index is 12.6. The first-order valence-corrected chi connectivity index (χ1v) is 9.88. The van der Waals surface area contributed by atoms with Crippen LogP contribution in [0.4, 0.5) is 0 Å². The highest BCUT2D eigenvalue weighted by Crippen LogP contribution is 2.17. The number of carbonyl (C=O) groups excluding carboxylic acids is 2. The number of benzene rings is 2. The van der Waals surface area contributed by atoms with E-state index in [1.807, 2.05) is 30.3 Å². The fraction of sp³-hybridized carbons (Fsp3) is 0.208. The Labute approximate surface area is 180 Å². The van der Waals surface area contributed by atoms with Gasteiger partial charge in [0.2, 0.25) is 0 Å². The van der Waals surface area contributed by atoms with Gasteiger partial charge in [-0.25, -0.2) is 9.48 Å². The molecule has 7 nitrogen and oxygen atoms in total. The third-order valence-corrected chi connectivity index (χ3v) is 4.34. The van der Waals surface area contributed by atoms with Crippen molar-refractivity contribution in [3.8, 4) is 11.4 Å². The summed E-state index contributed by atoms with van der Waals surface area (Å²) in [5.74, 6) is -0.0844. The van der Waals surface area contributed by atoms with Crippen LogP contribution < -0.4 is 4.74 Å². The lowest BCUT2D eigenvalue weighted by Gasteiger charge is -2.05. The lowest BCUT2D eigenvalue weighted by Crippen LogP contribution is -2.08. The molecule has 1 aromatic heterocycles. The van der Waals surface area contributed by atoms with Crippen molar-refractivity contribution >= 4 is 17.8 Å². The number of methoxy groups -OCH3 is 1. The van der Waals surface area contributed by atoms with Crippen LogP contribution >= 0.6 is 0 Å². The van der Waals surface area contributed by atoms with E-state index in [9.17, 15) is 9.59 Å². The Morgan fingerprint density at radius 2 is 1.77 bits per heavy atom. The summed E-state index contributed by atoms with van der Waals surface area (Å²) in [5.41, 5.74) is 1.94. The molecule has 0 saturated heterocycles. The fourth-order valence-electron chi connectivity index (χ4n) is 2.80. The van der Waals surface area contributed by atoms with Gasteiger partial charge in [0.15, 0.2) is 11.5 Å². The number of para-hydroxylation sites is 1. The molecule has 0 radical (unpaired) electrons. The maximum atomic E-state index is 12.6. The predicted molar refractivity (Wildman–Crippen MR) is 117 cm³/mol. The van der Waals surface area contributed by atoms with Crippen molar-refractivity contribution < 1.29 is 23.8 Å². The zero-order valence-electron chi connectivity index (χ0n) is 17.5. The summed E-state index contributed by atoms with van der Waals surface area (Å²) in [7, 11) is 1.61. The summed E-state index contributed by atoms with van der Waals surface area (Å²) >= 11 is 0. The molecule has 3 rings (SSSR count). The van der Waals surface area contributed by atoms with E-state index in [1.165, 1.54) is 6.08 Å². The number of aromatic nitrogens is 2. The predicted octanol–water partition coefficient (Wildman–Crippen LogP) is 3.97. The van der Waals surface area contributed by atoms with Gasteiger partial charge in [-0.3, -0.25) is 4.79 Å². The maximum Gasteiger partial charge on any atom is 0.359 e. The highest BCUT2D eigenvalue weighted by Gasteiger charge is 2.17. The first-order chi connectivity index (χ1) is 15.1. The van der Waals surface area contributed by atoms with Gasteiger partial charge in [-0.15, -0.1) is 0 Å². The first kappa shape index (κ1) is 22.0. The van der Waals surface area contributed by atoms with Crippen molar-refractivity contribution in [1.29, 1.82) is 0 Å². The third kappa shape index (κ3) is 5.90. The van der Waals surface area contributed by atoms with Crippen LogP contribution in [0.5, 0.6) is 5.75 Å². The third-order valence-electron chi connectivity index (χ3n) is 4.34. The molecule has 2 aromatic carbocycles. The molecule has 0 saturated carbocycles. The number of rotatable bonds is 10. The Balaban J connectivity index is 1.79. The van der Waals surface area contributed by atoms with Crippen molar-refractivity contribution in [2.24, 2.45) is 0 Å². The second-order valence-electron chi connectivity index (χ2n) is 6.50. The van der Waals surface area contributed by atoms with Gasteiger partial charge in [0.25, 0.3) is 0 Å². The second kappa shape index (κ2) is 10.9. The largest absolute Gasteiger partial charge is 0.491 e. The van der Waals surface area contributed by atoms with E-state index in [-0.39, 0.29) is 18.1 Å². The monoisotopic (exact) mass is 420 g/mol. The molecule has 0 N–H and O–H groups in total. The number of ketones is 1. The highest BCUT2D eigenvalue weighted by molar-refractivity contribution is 6.07. The van der Waals surface area contributed by atoms with Crippen molar-refractivity contribution in [2.75, 3.05) is 26.9 Å². The van der Waals surface area contributed by atoms with Crippen LogP contribution in [-0.4, -0.2) is 48.5 Å². The molecule has 0 aliphatic carbocycles. The first-order valence-electron chi connectivity index (χ1n) is 9.88. The van der Waals surface area contributed by atoms with Gasteiger partial charge in [-0.1, -0.05) is 18.2 Å². The van der Waals surface area contributed by atoms with Crippen molar-refractivity contribution in [2.45, 2.75) is 6.92 Å². The molecule has 31 heavy (non-hydrogen) atoms. The zero-order chi connectivity index (χ0) is 22.1. The minimum Gasteiger partial charge on any atom is -0.491 e. The molecule has 0 aliphatic heterocycles. The normalized spacial score (nSPS) is 10.9. The summed E-state index contributed by atoms with van der Waals surface area (Å²) in [6.07, 6.45) is 4.68. The van der Waals surface area contributed by atoms with Gasteiger partial charge >= 0.3 is 5.97 Å². The highest BCUT2D eigenvalue weighted by atomic mass is 16.5. The number of nitrogens with zero attached hydrogens (tertiary/aromatic N) is 2. The molecule has 0 bridgehead atoms. The molecule has 0 atom stereocenters. The van der Waals surface area contributed by atoms with Gasteiger partial charge < -0.3 is 14.2 Å². The van der Waals surface area contributed by atoms with Crippen molar-refractivity contribution in [3.05, 3.63) is 83.7 Å². The minimum absolute atomic E-state index is 0.150. The molecule has 1 heterocycles. The summed E-state index contributed by atoms with van der Waals surface area (Å²) in [6, 6.07) is 16.2. The minimum atomic E-state index is -0.540. The molecule has 0 amide bonds. The smallest absolute Gasteiger partial charge is 0.359 e. The summed E-state index contributed by atoms with van der Waals surface area (Å²) in [5, 5.41) is 4.35. The molecule has 7 heteroatoms. The number of esters is 1. The number of hydrogen-bond donors (Lipinski definition) is 0. The average Bonchev–Trinajstić information content (AvgIpc) is 3.23. The Bertz CT molecular complexity index is 1040. The van der Waals surface area contributed by atoms with E-state index >= 15 is 0 Å². The van der Waals surface area contributed by atoms with Crippen molar-refractivity contribution in [3.63, 3.8) is 0 Å². The van der Waals surface area contributed by atoms with Crippen LogP contribution in [-0.2, 0) is 9.47 Å². The van der Waals surface area contributed by atoms with Crippen molar-refractivity contribution in [1.82, 2.24) is 9.78 Å². The van der Waals surface area contributed by atoms with E-state index in [4.69, 9.17) is 14.2 Å². The SMILES string of the molecule is CCOC(=O)c1nn(-c2ccccc2)cc1C=CC(=O)c1ccc(OCCOC)cc1. The van der Waals surface area contributed by atoms with E-state index < -0.39 is 5.97 Å². The van der Waals surface area contributed by atoms with Gasteiger partial charge in [0, 0.05) is 24.4 Å². The topological polar surface area (TPSA) is 79.7 Å².